The summed E-state index contributed by atoms with van der Waals surface area (Å²) in [6, 6.07) is 26.7. The number of hydrogen-bond donors (Lipinski definition) is 2. The molecule has 0 atom stereocenters. The van der Waals surface area contributed by atoms with E-state index in [-0.39, 0.29) is 0 Å². The van der Waals surface area contributed by atoms with E-state index < -0.39 is 0 Å². The molecule has 0 saturated heterocycles. The molecule has 0 amide bonds. The Balaban J connectivity index is 1.29. The molecule has 0 aliphatic rings. The summed E-state index contributed by atoms with van der Waals surface area (Å²) < 4.78 is 10.7. The van der Waals surface area contributed by atoms with Crippen LogP contribution in [0.1, 0.15) is 0 Å². The quantitative estimate of drug-likeness (QED) is 0.122. The SMILES string of the molecule is COc1ccccc1NCCN=Nc1ccc(-c2ccc(N=NCCNc3ccccc3OC)c(Cl)c2)cc1Cl. The highest BCUT2D eigenvalue weighted by molar-refractivity contribution is 6.34. The number of methoxy groups -OCH3 is 2. The van der Waals surface area contributed by atoms with Gasteiger partial charge in [-0.2, -0.15) is 20.5 Å². The number of hydrogen-bond acceptors (Lipinski definition) is 8. The molecule has 4 aromatic carbocycles. The molecule has 40 heavy (non-hydrogen) atoms. The van der Waals surface area contributed by atoms with Gasteiger partial charge in [0.05, 0.1) is 48.7 Å². The highest BCUT2D eigenvalue weighted by Gasteiger charge is 2.07. The minimum atomic E-state index is 0.484. The molecular formula is C30H30Cl2N6O2. The summed E-state index contributed by atoms with van der Waals surface area (Å²) in [6.45, 7) is 2.19. The summed E-state index contributed by atoms with van der Waals surface area (Å²) in [7, 11) is 3.29. The van der Waals surface area contributed by atoms with Gasteiger partial charge in [-0.15, -0.1) is 0 Å². The Bertz CT molecular complexity index is 1370. The van der Waals surface area contributed by atoms with Crippen LogP contribution in [0, 0.1) is 0 Å². The van der Waals surface area contributed by atoms with Gasteiger partial charge >= 0.3 is 0 Å². The number of nitrogens with one attached hydrogen (secondary N) is 2. The fourth-order valence-corrected chi connectivity index (χ4v) is 4.29. The number of ether oxygens (including phenoxy) is 2. The van der Waals surface area contributed by atoms with Crippen molar-refractivity contribution in [3.8, 4) is 22.6 Å². The molecule has 8 nitrogen and oxygen atoms in total. The van der Waals surface area contributed by atoms with Gasteiger partial charge in [-0.05, 0) is 59.7 Å². The lowest BCUT2D eigenvalue weighted by Crippen LogP contribution is -2.05. The number of nitrogens with zero attached hydrogens (tertiary/aromatic N) is 4. The number of halogens is 2. The van der Waals surface area contributed by atoms with Crippen LogP contribution in [0.5, 0.6) is 11.5 Å². The average molecular weight is 578 g/mol. The second-order valence-electron chi connectivity index (χ2n) is 8.52. The van der Waals surface area contributed by atoms with E-state index in [4.69, 9.17) is 32.7 Å². The van der Waals surface area contributed by atoms with E-state index in [1.807, 2.05) is 84.9 Å². The van der Waals surface area contributed by atoms with Gasteiger partial charge < -0.3 is 20.1 Å². The topological polar surface area (TPSA) is 92.0 Å². The van der Waals surface area contributed by atoms with Crippen LogP contribution in [0.25, 0.3) is 11.1 Å². The fourth-order valence-electron chi connectivity index (χ4n) is 3.85. The maximum Gasteiger partial charge on any atom is 0.141 e. The molecule has 10 heteroatoms. The van der Waals surface area contributed by atoms with Crippen LogP contribution in [0.15, 0.2) is 105 Å². The molecule has 0 bridgehead atoms. The Kier molecular flexibility index (Phi) is 10.7. The monoisotopic (exact) mass is 576 g/mol. The highest BCUT2D eigenvalue weighted by Crippen LogP contribution is 2.35. The number of benzene rings is 4. The first-order valence-electron chi connectivity index (χ1n) is 12.7. The van der Waals surface area contributed by atoms with Crippen molar-refractivity contribution in [1.82, 2.24) is 0 Å². The summed E-state index contributed by atoms with van der Waals surface area (Å²) >= 11 is 13.0. The minimum absolute atomic E-state index is 0.484. The zero-order valence-corrected chi connectivity index (χ0v) is 23.8. The van der Waals surface area contributed by atoms with E-state index in [0.29, 0.717) is 47.6 Å². The molecule has 0 aliphatic carbocycles. The van der Waals surface area contributed by atoms with E-state index in [0.717, 1.165) is 34.0 Å². The van der Waals surface area contributed by atoms with E-state index in [2.05, 4.69) is 31.1 Å². The summed E-state index contributed by atoms with van der Waals surface area (Å²) in [5, 5.41) is 24.6. The lowest BCUT2D eigenvalue weighted by Gasteiger charge is -2.09. The molecule has 206 valence electrons. The Morgan fingerprint density at radius 1 is 0.600 bits per heavy atom. The van der Waals surface area contributed by atoms with Crippen LogP contribution in [-0.4, -0.2) is 40.4 Å². The van der Waals surface area contributed by atoms with Gasteiger partial charge in [0.25, 0.3) is 0 Å². The molecule has 0 spiro atoms. The predicted octanol–water partition coefficient (Wildman–Crippen LogP) is 9.07. The lowest BCUT2D eigenvalue weighted by atomic mass is 10.1. The van der Waals surface area contributed by atoms with Gasteiger partial charge in [-0.25, -0.2) is 0 Å². The molecule has 0 heterocycles. The van der Waals surface area contributed by atoms with Crippen LogP contribution in [-0.2, 0) is 0 Å². The smallest absolute Gasteiger partial charge is 0.141 e. The van der Waals surface area contributed by atoms with Gasteiger partial charge in [0, 0.05) is 13.1 Å². The van der Waals surface area contributed by atoms with E-state index in [1.165, 1.54) is 0 Å². The Morgan fingerprint density at radius 2 is 1.02 bits per heavy atom. The van der Waals surface area contributed by atoms with Crippen molar-refractivity contribution in [2.45, 2.75) is 0 Å². The fraction of sp³-hybridized carbons (Fsp3) is 0.200. The molecule has 0 saturated carbocycles. The maximum absolute atomic E-state index is 6.49. The molecule has 2 N–H and O–H groups in total. The first kappa shape index (κ1) is 28.9. The van der Waals surface area contributed by atoms with Crippen LogP contribution in [0.3, 0.4) is 0 Å². The summed E-state index contributed by atoms with van der Waals surface area (Å²) in [5.41, 5.74) is 4.84. The summed E-state index contributed by atoms with van der Waals surface area (Å²) in [4.78, 5) is 0. The summed E-state index contributed by atoms with van der Waals surface area (Å²) in [6.07, 6.45) is 0. The Morgan fingerprint density at radius 3 is 1.43 bits per heavy atom. The lowest BCUT2D eigenvalue weighted by molar-refractivity contribution is 0.416. The summed E-state index contributed by atoms with van der Waals surface area (Å²) in [5.74, 6) is 1.57. The third kappa shape index (κ3) is 7.94. The zero-order chi connectivity index (χ0) is 28.2. The number of rotatable bonds is 13. The van der Waals surface area contributed by atoms with E-state index in [9.17, 15) is 0 Å². The molecule has 0 radical (unpaired) electrons. The average Bonchev–Trinajstić information content (AvgIpc) is 2.98. The maximum atomic E-state index is 6.49. The predicted molar refractivity (Wildman–Crippen MR) is 164 cm³/mol. The third-order valence-electron chi connectivity index (χ3n) is 5.85. The minimum Gasteiger partial charge on any atom is -0.495 e. The van der Waals surface area contributed by atoms with Crippen LogP contribution in [0.4, 0.5) is 22.7 Å². The first-order valence-corrected chi connectivity index (χ1v) is 13.4. The van der Waals surface area contributed by atoms with Crippen molar-refractivity contribution in [3.63, 3.8) is 0 Å². The number of azo groups is 2. The normalized spacial score (nSPS) is 11.2. The van der Waals surface area contributed by atoms with Crippen molar-refractivity contribution in [2.24, 2.45) is 20.5 Å². The van der Waals surface area contributed by atoms with Gasteiger partial charge in [0.15, 0.2) is 0 Å². The van der Waals surface area contributed by atoms with Crippen LogP contribution >= 0.6 is 23.2 Å². The molecule has 4 rings (SSSR count). The molecule has 0 aromatic heterocycles. The standard InChI is InChI=1S/C30H30Cl2N6O2/c1-39-29-9-5-3-7-27(29)33-15-17-35-37-25-13-11-21(19-23(25)31)22-12-14-26(24(32)20-22)38-36-18-16-34-28-8-4-6-10-30(28)40-2/h3-14,19-20,33-34H,15-18H2,1-2H3. The van der Waals surface area contributed by atoms with Crippen LogP contribution < -0.4 is 20.1 Å². The molecule has 4 aromatic rings. The zero-order valence-electron chi connectivity index (χ0n) is 22.3. The Hall–Kier alpha value is -4.14. The third-order valence-corrected chi connectivity index (χ3v) is 6.46. The molecular weight excluding hydrogens is 547 g/mol. The van der Waals surface area contributed by atoms with Crippen molar-refractivity contribution < 1.29 is 9.47 Å². The van der Waals surface area contributed by atoms with Crippen molar-refractivity contribution in [2.75, 3.05) is 51.0 Å². The van der Waals surface area contributed by atoms with E-state index >= 15 is 0 Å². The second kappa shape index (κ2) is 14.9. The second-order valence-corrected chi connectivity index (χ2v) is 9.33. The van der Waals surface area contributed by atoms with Gasteiger partial charge in [-0.3, -0.25) is 0 Å². The molecule has 0 aliphatic heterocycles. The largest absolute Gasteiger partial charge is 0.495 e. The van der Waals surface area contributed by atoms with Gasteiger partial charge in [-0.1, -0.05) is 59.6 Å². The molecule has 0 fully saturated rings. The van der Waals surface area contributed by atoms with Crippen molar-refractivity contribution in [3.05, 3.63) is 95.0 Å². The van der Waals surface area contributed by atoms with Crippen molar-refractivity contribution in [1.29, 1.82) is 0 Å². The van der Waals surface area contributed by atoms with Gasteiger partial charge in [0.2, 0.25) is 0 Å². The van der Waals surface area contributed by atoms with E-state index in [1.54, 1.807) is 14.2 Å². The van der Waals surface area contributed by atoms with Crippen molar-refractivity contribution >= 4 is 46.0 Å². The first-order chi connectivity index (χ1) is 19.6. The number of para-hydroxylation sites is 4. The van der Waals surface area contributed by atoms with Gasteiger partial charge in [0.1, 0.15) is 22.9 Å². The van der Waals surface area contributed by atoms with Crippen LogP contribution in [0.2, 0.25) is 10.0 Å². The number of anilines is 2. The Labute approximate surface area is 244 Å². The highest BCUT2D eigenvalue weighted by atomic mass is 35.5. The molecule has 0 unspecified atom stereocenters.